The monoisotopic (exact) mass is 363 g/mol. The first-order chi connectivity index (χ1) is 9.85. The van der Waals surface area contributed by atoms with Crippen LogP contribution in [0.2, 0.25) is 0 Å². The summed E-state index contributed by atoms with van der Waals surface area (Å²) in [7, 11) is 1.31. The van der Waals surface area contributed by atoms with E-state index < -0.39 is 23.8 Å². The first-order valence-electron chi connectivity index (χ1n) is 5.42. The molecule has 0 bridgehead atoms. The third-order valence-corrected chi connectivity index (χ3v) is 3.29. The van der Waals surface area contributed by atoms with Gasteiger partial charge in [0.15, 0.2) is 0 Å². The molecule has 1 aromatic carbocycles. The van der Waals surface area contributed by atoms with Gasteiger partial charge in [-0.15, -0.1) is 0 Å². The van der Waals surface area contributed by atoms with Crippen LogP contribution in [0.15, 0.2) is 16.6 Å². The predicted octanol–water partition coefficient (Wildman–Crippen LogP) is 3.60. The summed E-state index contributed by atoms with van der Waals surface area (Å²) in [6.07, 6.45) is 0. The Hall–Kier alpha value is -2.08. The van der Waals surface area contributed by atoms with E-state index in [1.807, 2.05) is 0 Å². The molecular formula is C12H6BrF4N3O. The maximum absolute atomic E-state index is 13.9. The highest BCUT2D eigenvalue weighted by Gasteiger charge is 2.23. The van der Waals surface area contributed by atoms with Crippen LogP contribution in [0.1, 0.15) is 5.56 Å². The molecule has 0 atom stereocenters. The zero-order valence-electron chi connectivity index (χ0n) is 10.4. The van der Waals surface area contributed by atoms with Crippen LogP contribution in [-0.2, 0) is 7.05 Å². The van der Waals surface area contributed by atoms with E-state index in [4.69, 9.17) is 5.26 Å². The van der Waals surface area contributed by atoms with E-state index in [2.05, 4.69) is 25.8 Å². The van der Waals surface area contributed by atoms with Crippen molar-refractivity contribution in [2.24, 2.45) is 7.05 Å². The van der Waals surface area contributed by atoms with Crippen molar-refractivity contribution >= 4 is 15.9 Å². The lowest BCUT2D eigenvalue weighted by molar-refractivity contribution is -0.0558. The molecule has 0 unspecified atom stereocenters. The van der Waals surface area contributed by atoms with Crippen LogP contribution < -0.4 is 4.74 Å². The fourth-order valence-corrected chi connectivity index (χ4v) is 2.32. The van der Waals surface area contributed by atoms with Gasteiger partial charge in [-0.2, -0.15) is 19.1 Å². The lowest BCUT2D eigenvalue weighted by atomic mass is 10.1. The average molecular weight is 364 g/mol. The van der Waals surface area contributed by atoms with Crippen LogP contribution in [0.5, 0.6) is 5.88 Å². The Balaban J connectivity index is 2.58. The minimum Gasteiger partial charge on any atom is -0.416 e. The zero-order valence-corrected chi connectivity index (χ0v) is 12.0. The molecule has 1 heterocycles. The second-order valence-corrected chi connectivity index (χ2v) is 4.69. The molecule has 21 heavy (non-hydrogen) atoms. The molecule has 0 fully saturated rings. The maximum Gasteiger partial charge on any atom is 0.388 e. The Bertz CT molecular complexity index is 739. The number of ether oxygens (including phenoxy) is 1. The van der Waals surface area contributed by atoms with Gasteiger partial charge < -0.3 is 4.74 Å². The zero-order chi connectivity index (χ0) is 15.7. The lowest BCUT2D eigenvalue weighted by Gasteiger charge is -2.04. The number of aromatic nitrogens is 2. The first kappa shape index (κ1) is 15.3. The minimum atomic E-state index is -3.09. The van der Waals surface area contributed by atoms with Gasteiger partial charge in [-0.05, 0) is 28.1 Å². The highest BCUT2D eigenvalue weighted by molar-refractivity contribution is 9.10. The first-order valence-corrected chi connectivity index (χ1v) is 6.21. The van der Waals surface area contributed by atoms with Gasteiger partial charge in [0.25, 0.3) is 0 Å². The van der Waals surface area contributed by atoms with E-state index in [-0.39, 0.29) is 21.6 Å². The normalized spacial score (nSPS) is 10.8. The van der Waals surface area contributed by atoms with Crippen LogP contribution in [0, 0.1) is 23.0 Å². The Morgan fingerprint density at radius 1 is 1.33 bits per heavy atom. The molecule has 0 N–H and O–H groups in total. The fourth-order valence-electron chi connectivity index (χ4n) is 1.68. The van der Waals surface area contributed by atoms with Gasteiger partial charge in [0.2, 0.25) is 5.88 Å². The van der Waals surface area contributed by atoms with E-state index in [9.17, 15) is 17.6 Å². The van der Waals surface area contributed by atoms with E-state index in [1.165, 1.54) is 13.1 Å². The second kappa shape index (κ2) is 5.73. The Morgan fingerprint density at radius 3 is 2.57 bits per heavy atom. The summed E-state index contributed by atoms with van der Waals surface area (Å²) in [6, 6.07) is 2.97. The van der Waals surface area contributed by atoms with Crippen LogP contribution >= 0.6 is 15.9 Å². The molecule has 2 aromatic rings. The molecule has 0 saturated carbocycles. The molecule has 1 aromatic heterocycles. The van der Waals surface area contributed by atoms with Crippen molar-refractivity contribution in [3.63, 3.8) is 0 Å². The number of hydrogen-bond acceptors (Lipinski definition) is 3. The number of rotatable bonds is 3. The minimum absolute atomic E-state index is 0.0479. The van der Waals surface area contributed by atoms with E-state index in [0.29, 0.717) is 6.07 Å². The smallest absolute Gasteiger partial charge is 0.388 e. The molecule has 2 rings (SSSR count). The topological polar surface area (TPSA) is 50.8 Å². The predicted molar refractivity (Wildman–Crippen MR) is 67.6 cm³/mol. The summed E-state index contributed by atoms with van der Waals surface area (Å²) < 4.78 is 57.2. The number of nitrogens with zero attached hydrogens (tertiary/aromatic N) is 3. The van der Waals surface area contributed by atoms with Crippen molar-refractivity contribution in [2.75, 3.05) is 0 Å². The summed E-state index contributed by atoms with van der Waals surface area (Å²) in [4.78, 5) is 0. The maximum atomic E-state index is 13.9. The van der Waals surface area contributed by atoms with Crippen molar-refractivity contribution in [3.05, 3.63) is 33.8 Å². The van der Waals surface area contributed by atoms with Gasteiger partial charge in [-0.25, -0.2) is 13.5 Å². The number of nitriles is 1. The standard InChI is InChI=1S/C12H6BrF4N3O/c1-20-11(21-12(16)17)9(13)10(19-20)6-3-7(14)5(4-18)2-8(6)15/h2-3,12H,1H3. The second-order valence-electron chi connectivity index (χ2n) is 3.89. The van der Waals surface area contributed by atoms with Gasteiger partial charge in [-0.1, -0.05) is 0 Å². The van der Waals surface area contributed by atoms with Crippen LogP contribution in [0.4, 0.5) is 17.6 Å². The van der Waals surface area contributed by atoms with Crippen molar-refractivity contribution in [1.29, 1.82) is 5.26 Å². The molecule has 110 valence electrons. The Kier molecular flexibility index (Phi) is 4.18. The van der Waals surface area contributed by atoms with Gasteiger partial charge in [0, 0.05) is 12.6 Å². The van der Waals surface area contributed by atoms with Crippen molar-refractivity contribution in [2.45, 2.75) is 6.61 Å². The number of aryl methyl sites for hydroxylation is 1. The molecular weight excluding hydrogens is 358 g/mol. The molecule has 0 aliphatic rings. The molecule has 9 heteroatoms. The van der Waals surface area contributed by atoms with E-state index in [1.54, 1.807) is 0 Å². The summed E-state index contributed by atoms with van der Waals surface area (Å²) in [5.74, 6) is -2.18. The summed E-state index contributed by atoms with van der Waals surface area (Å²) in [6.45, 7) is -3.09. The molecule has 0 aliphatic heterocycles. The third kappa shape index (κ3) is 2.85. The SMILES string of the molecule is Cn1nc(-c2cc(F)c(C#N)cc2F)c(Br)c1OC(F)F. The summed E-state index contributed by atoms with van der Waals surface area (Å²) >= 11 is 2.97. The number of hydrogen-bond donors (Lipinski definition) is 0. The fraction of sp³-hybridized carbons (Fsp3) is 0.167. The summed E-state index contributed by atoms with van der Waals surface area (Å²) in [5.41, 5.74) is -0.862. The molecule has 0 spiro atoms. The van der Waals surface area contributed by atoms with Crippen molar-refractivity contribution < 1.29 is 22.3 Å². The van der Waals surface area contributed by atoms with Crippen LogP contribution in [-0.4, -0.2) is 16.4 Å². The molecule has 0 amide bonds. The van der Waals surface area contributed by atoms with Gasteiger partial charge >= 0.3 is 6.61 Å². The Labute approximate surface area is 124 Å². The number of benzene rings is 1. The van der Waals surface area contributed by atoms with Crippen molar-refractivity contribution in [1.82, 2.24) is 9.78 Å². The largest absolute Gasteiger partial charge is 0.416 e. The number of halogens is 5. The summed E-state index contributed by atoms with van der Waals surface area (Å²) in [5, 5.41) is 12.4. The molecule has 0 radical (unpaired) electrons. The highest BCUT2D eigenvalue weighted by atomic mass is 79.9. The van der Waals surface area contributed by atoms with E-state index in [0.717, 1.165) is 10.7 Å². The Morgan fingerprint density at radius 2 is 2.00 bits per heavy atom. The van der Waals surface area contributed by atoms with Gasteiger partial charge in [0.1, 0.15) is 27.9 Å². The lowest BCUT2D eigenvalue weighted by Crippen LogP contribution is -2.06. The molecule has 0 saturated heterocycles. The molecule has 0 aliphatic carbocycles. The van der Waals surface area contributed by atoms with Crippen molar-refractivity contribution in [3.8, 4) is 23.2 Å². The van der Waals surface area contributed by atoms with Crippen LogP contribution in [0.25, 0.3) is 11.3 Å². The highest BCUT2D eigenvalue weighted by Crippen LogP contribution is 2.37. The average Bonchev–Trinajstić information content (AvgIpc) is 2.68. The quantitative estimate of drug-likeness (QED) is 0.782. The third-order valence-electron chi connectivity index (χ3n) is 2.57. The van der Waals surface area contributed by atoms with Gasteiger partial charge in [0.05, 0.1) is 5.56 Å². The molecule has 4 nitrogen and oxygen atoms in total. The van der Waals surface area contributed by atoms with Gasteiger partial charge in [-0.3, -0.25) is 0 Å². The van der Waals surface area contributed by atoms with Crippen LogP contribution in [0.3, 0.4) is 0 Å². The van der Waals surface area contributed by atoms with E-state index >= 15 is 0 Å². The number of alkyl halides is 2.